The molecule has 0 saturated heterocycles. The Morgan fingerprint density at radius 2 is 2.26 bits per heavy atom. The minimum atomic E-state index is -0.105. The lowest BCUT2D eigenvalue weighted by Gasteiger charge is -2.15. The van der Waals surface area contributed by atoms with Gasteiger partial charge in [0.2, 0.25) is 0 Å². The minimum absolute atomic E-state index is 0.105. The lowest BCUT2D eigenvalue weighted by atomic mass is 10.2. The van der Waals surface area contributed by atoms with Gasteiger partial charge in [-0.2, -0.15) is 5.10 Å². The van der Waals surface area contributed by atoms with Crippen molar-refractivity contribution in [2.45, 2.75) is 13.3 Å². The molecular formula is C16H18N4O2S. The van der Waals surface area contributed by atoms with Crippen LogP contribution in [0.4, 0.5) is 0 Å². The maximum absolute atomic E-state index is 12.7. The van der Waals surface area contributed by atoms with Crippen LogP contribution in [0, 0.1) is 6.92 Å². The maximum Gasteiger partial charge on any atom is 0.274 e. The van der Waals surface area contributed by atoms with Crippen LogP contribution in [0.1, 0.15) is 21.1 Å². The van der Waals surface area contributed by atoms with Crippen LogP contribution in [0.25, 0.3) is 10.9 Å². The van der Waals surface area contributed by atoms with Gasteiger partial charge in [0.15, 0.2) is 5.69 Å². The van der Waals surface area contributed by atoms with Crippen molar-refractivity contribution in [1.29, 1.82) is 0 Å². The highest BCUT2D eigenvalue weighted by molar-refractivity contribution is 7.09. The van der Waals surface area contributed by atoms with Gasteiger partial charge in [0.1, 0.15) is 5.75 Å². The molecule has 0 aliphatic heterocycles. The van der Waals surface area contributed by atoms with Gasteiger partial charge in [-0.3, -0.25) is 9.89 Å². The minimum Gasteiger partial charge on any atom is -0.497 e. The Balaban J connectivity index is 1.78. The van der Waals surface area contributed by atoms with E-state index >= 15 is 0 Å². The molecule has 7 heteroatoms. The molecular weight excluding hydrogens is 312 g/mol. The van der Waals surface area contributed by atoms with Gasteiger partial charge in [-0.25, -0.2) is 4.98 Å². The Morgan fingerprint density at radius 1 is 1.43 bits per heavy atom. The monoisotopic (exact) mass is 330 g/mol. The van der Waals surface area contributed by atoms with Gasteiger partial charge in [0, 0.05) is 30.3 Å². The third-order valence-electron chi connectivity index (χ3n) is 3.84. The van der Waals surface area contributed by atoms with Crippen molar-refractivity contribution in [3.8, 4) is 5.75 Å². The Bertz CT molecular complexity index is 840. The third kappa shape index (κ3) is 3.05. The van der Waals surface area contributed by atoms with Gasteiger partial charge < -0.3 is 9.64 Å². The SMILES string of the molecule is COc1ccc2[nH]nc(C(=O)N(C)CCc3scnc3C)c2c1. The fraction of sp³-hybridized carbons (Fsp3) is 0.312. The van der Waals surface area contributed by atoms with Crippen molar-refractivity contribution in [2.75, 3.05) is 20.7 Å². The summed E-state index contributed by atoms with van der Waals surface area (Å²) < 4.78 is 5.22. The van der Waals surface area contributed by atoms with E-state index in [0.29, 0.717) is 18.0 Å². The van der Waals surface area contributed by atoms with Crippen molar-refractivity contribution < 1.29 is 9.53 Å². The Morgan fingerprint density at radius 3 is 2.96 bits per heavy atom. The molecule has 3 rings (SSSR count). The number of benzene rings is 1. The number of nitrogens with zero attached hydrogens (tertiary/aromatic N) is 3. The summed E-state index contributed by atoms with van der Waals surface area (Å²) in [5.41, 5.74) is 4.11. The number of ether oxygens (including phenoxy) is 1. The Labute approximate surface area is 138 Å². The molecule has 0 fully saturated rings. The summed E-state index contributed by atoms with van der Waals surface area (Å²) in [6.07, 6.45) is 0.796. The number of methoxy groups -OCH3 is 1. The largest absolute Gasteiger partial charge is 0.497 e. The molecule has 1 amide bonds. The smallest absolute Gasteiger partial charge is 0.274 e. The molecule has 0 aliphatic rings. The van der Waals surface area contributed by atoms with E-state index in [2.05, 4.69) is 15.2 Å². The second-order valence-electron chi connectivity index (χ2n) is 5.32. The van der Waals surface area contributed by atoms with E-state index in [1.165, 1.54) is 4.88 Å². The molecule has 1 aromatic carbocycles. The van der Waals surface area contributed by atoms with E-state index in [1.807, 2.05) is 30.6 Å². The first kappa shape index (κ1) is 15.5. The van der Waals surface area contributed by atoms with E-state index in [1.54, 1.807) is 30.4 Å². The highest BCUT2D eigenvalue weighted by Crippen LogP contribution is 2.23. The second kappa shape index (κ2) is 6.37. The van der Waals surface area contributed by atoms with Crippen LogP contribution in [0.15, 0.2) is 23.7 Å². The zero-order chi connectivity index (χ0) is 16.4. The first-order valence-corrected chi connectivity index (χ1v) is 8.14. The molecule has 0 atom stereocenters. The fourth-order valence-electron chi connectivity index (χ4n) is 2.40. The molecule has 120 valence electrons. The molecule has 0 radical (unpaired) electrons. The normalized spacial score (nSPS) is 10.9. The zero-order valence-corrected chi connectivity index (χ0v) is 14.1. The number of H-pyrrole nitrogens is 1. The predicted molar refractivity (Wildman–Crippen MR) is 90.2 cm³/mol. The van der Waals surface area contributed by atoms with Crippen LogP contribution in [-0.4, -0.2) is 46.7 Å². The number of carbonyl (C=O) groups is 1. The number of aryl methyl sites for hydroxylation is 1. The van der Waals surface area contributed by atoms with Gasteiger partial charge in [-0.1, -0.05) is 0 Å². The van der Waals surface area contributed by atoms with Crippen molar-refractivity contribution in [3.63, 3.8) is 0 Å². The third-order valence-corrected chi connectivity index (χ3v) is 4.83. The van der Waals surface area contributed by atoms with Crippen LogP contribution in [-0.2, 0) is 6.42 Å². The molecule has 6 nitrogen and oxygen atoms in total. The molecule has 23 heavy (non-hydrogen) atoms. The number of thiazole rings is 1. The molecule has 0 aliphatic carbocycles. The first-order chi connectivity index (χ1) is 11.1. The topological polar surface area (TPSA) is 71.1 Å². The van der Waals surface area contributed by atoms with E-state index in [9.17, 15) is 4.79 Å². The first-order valence-electron chi connectivity index (χ1n) is 7.26. The van der Waals surface area contributed by atoms with Gasteiger partial charge in [-0.05, 0) is 25.1 Å². The summed E-state index contributed by atoms with van der Waals surface area (Å²) in [7, 11) is 3.39. The van der Waals surface area contributed by atoms with Gasteiger partial charge >= 0.3 is 0 Å². The molecule has 0 saturated carbocycles. The number of nitrogens with one attached hydrogen (secondary N) is 1. The summed E-state index contributed by atoms with van der Waals surface area (Å²) in [6.45, 7) is 2.61. The second-order valence-corrected chi connectivity index (χ2v) is 6.26. The number of aromatic nitrogens is 3. The van der Waals surface area contributed by atoms with Crippen LogP contribution in [0.2, 0.25) is 0 Å². The van der Waals surface area contributed by atoms with Crippen molar-refractivity contribution in [3.05, 3.63) is 40.0 Å². The fourth-order valence-corrected chi connectivity index (χ4v) is 3.17. The average molecular weight is 330 g/mol. The average Bonchev–Trinajstić information content (AvgIpc) is 3.17. The molecule has 0 unspecified atom stereocenters. The van der Waals surface area contributed by atoms with Crippen molar-refractivity contribution in [2.24, 2.45) is 0 Å². The van der Waals surface area contributed by atoms with Crippen molar-refractivity contribution >= 4 is 28.1 Å². The van der Waals surface area contributed by atoms with E-state index in [-0.39, 0.29) is 5.91 Å². The molecule has 1 N–H and O–H groups in total. The molecule has 0 spiro atoms. The summed E-state index contributed by atoms with van der Waals surface area (Å²) in [6, 6.07) is 5.52. The number of hydrogen-bond acceptors (Lipinski definition) is 5. The van der Waals surface area contributed by atoms with E-state index in [4.69, 9.17) is 4.74 Å². The molecule has 3 aromatic rings. The van der Waals surface area contributed by atoms with Gasteiger partial charge in [0.25, 0.3) is 5.91 Å². The van der Waals surface area contributed by atoms with Gasteiger partial charge in [-0.15, -0.1) is 11.3 Å². The van der Waals surface area contributed by atoms with Crippen LogP contribution >= 0.6 is 11.3 Å². The number of likely N-dealkylation sites (N-methyl/N-ethyl adjacent to an activating group) is 1. The molecule has 0 bridgehead atoms. The van der Waals surface area contributed by atoms with E-state index in [0.717, 1.165) is 23.0 Å². The number of rotatable bonds is 5. The van der Waals surface area contributed by atoms with E-state index < -0.39 is 0 Å². The highest BCUT2D eigenvalue weighted by Gasteiger charge is 2.19. The summed E-state index contributed by atoms with van der Waals surface area (Å²) in [5.74, 6) is 0.600. The quantitative estimate of drug-likeness (QED) is 0.781. The maximum atomic E-state index is 12.7. The Kier molecular flexibility index (Phi) is 4.29. The number of carbonyl (C=O) groups excluding carboxylic acids is 1. The summed E-state index contributed by atoms with van der Waals surface area (Å²) in [4.78, 5) is 19.8. The molecule has 2 aromatic heterocycles. The lowest BCUT2D eigenvalue weighted by molar-refractivity contribution is 0.0793. The summed E-state index contributed by atoms with van der Waals surface area (Å²) in [5, 5.41) is 7.84. The zero-order valence-electron chi connectivity index (χ0n) is 13.3. The van der Waals surface area contributed by atoms with Crippen LogP contribution in [0.5, 0.6) is 5.75 Å². The van der Waals surface area contributed by atoms with Crippen LogP contribution < -0.4 is 4.74 Å². The molecule has 2 heterocycles. The van der Waals surface area contributed by atoms with Crippen molar-refractivity contribution in [1.82, 2.24) is 20.1 Å². The van der Waals surface area contributed by atoms with Gasteiger partial charge in [0.05, 0.1) is 23.8 Å². The number of hydrogen-bond donors (Lipinski definition) is 1. The standard InChI is InChI=1S/C16H18N4O2S/c1-10-14(23-9-17-10)6-7-20(2)16(21)15-12-8-11(22-3)4-5-13(12)18-19-15/h4-5,8-9H,6-7H2,1-3H3,(H,18,19). The number of fused-ring (bicyclic) bond motifs is 1. The van der Waals surface area contributed by atoms with Crippen LogP contribution in [0.3, 0.4) is 0 Å². The number of amides is 1. The predicted octanol–water partition coefficient (Wildman–Crippen LogP) is 2.65. The number of aromatic amines is 1. The lowest BCUT2D eigenvalue weighted by Crippen LogP contribution is -2.29. The highest BCUT2D eigenvalue weighted by atomic mass is 32.1. The Hall–Kier alpha value is -2.41. The summed E-state index contributed by atoms with van der Waals surface area (Å²) >= 11 is 1.62.